The van der Waals surface area contributed by atoms with Gasteiger partial charge in [0.1, 0.15) is 6.07 Å². The number of nitrogens with zero attached hydrogens (tertiary/aromatic N) is 2. The van der Waals surface area contributed by atoms with Crippen molar-refractivity contribution in [2.45, 2.75) is 12.8 Å². The van der Waals surface area contributed by atoms with Gasteiger partial charge in [-0.3, -0.25) is 9.59 Å². The molecule has 0 aromatic heterocycles. The molecule has 0 atom stereocenters. The zero-order valence-corrected chi connectivity index (χ0v) is 9.25. The topological polar surface area (TPSA) is 87.5 Å². The lowest BCUT2D eigenvalue weighted by atomic mass is 10.1. The molecule has 0 aliphatic carbocycles. The fourth-order valence-corrected chi connectivity index (χ4v) is 1.55. The van der Waals surface area contributed by atoms with E-state index in [1.807, 2.05) is 6.07 Å². The SMILES string of the molecule is N#Cc1ccccc1C(=O)ON1C(=O)CCC1=O. The molecule has 0 N–H and O–H groups in total. The van der Waals surface area contributed by atoms with Crippen molar-refractivity contribution in [2.75, 3.05) is 0 Å². The molecule has 1 saturated heterocycles. The van der Waals surface area contributed by atoms with Crippen molar-refractivity contribution in [2.24, 2.45) is 0 Å². The predicted octanol–water partition coefficient (Wildman–Crippen LogP) is 0.779. The molecule has 1 fully saturated rings. The zero-order valence-electron chi connectivity index (χ0n) is 9.25. The average molecular weight is 244 g/mol. The van der Waals surface area contributed by atoms with Crippen molar-refractivity contribution in [1.29, 1.82) is 5.26 Å². The Morgan fingerprint density at radius 3 is 2.44 bits per heavy atom. The standard InChI is InChI=1S/C12H8N2O4/c13-7-8-3-1-2-4-9(8)12(17)18-14-10(15)5-6-11(14)16/h1-4H,5-6H2. The Morgan fingerprint density at radius 2 is 1.83 bits per heavy atom. The Hall–Kier alpha value is -2.68. The molecule has 90 valence electrons. The molecule has 2 amide bonds. The van der Waals surface area contributed by atoms with Gasteiger partial charge in [-0.2, -0.15) is 5.26 Å². The number of nitriles is 1. The highest BCUT2D eigenvalue weighted by atomic mass is 16.7. The molecule has 0 spiro atoms. The summed E-state index contributed by atoms with van der Waals surface area (Å²) in [5, 5.41) is 9.28. The highest BCUT2D eigenvalue weighted by molar-refractivity contribution is 6.03. The fraction of sp³-hybridized carbons (Fsp3) is 0.167. The molecule has 1 aliphatic heterocycles. The van der Waals surface area contributed by atoms with Crippen LogP contribution in [-0.2, 0) is 14.4 Å². The Balaban J connectivity index is 2.20. The van der Waals surface area contributed by atoms with Crippen molar-refractivity contribution in [3.63, 3.8) is 0 Å². The van der Waals surface area contributed by atoms with E-state index >= 15 is 0 Å². The fourth-order valence-electron chi connectivity index (χ4n) is 1.55. The molecule has 1 aromatic carbocycles. The van der Waals surface area contributed by atoms with Crippen molar-refractivity contribution in [3.05, 3.63) is 35.4 Å². The second kappa shape index (κ2) is 4.67. The van der Waals surface area contributed by atoms with Gasteiger partial charge in [-0.1, -0.05) is 12.1 Å². The summed E-state index contributed by atoms with van der Waals surface area (Å²) < 4.78 is 0. The number of imide groups is 1. The molecular formula is C12H8N2O4. The van der Waals surface area contributed by atoms with E-state index in [2.05, 4.69) is 0 Å². The van der Waals surface area contributed by atoms with E-state index < -0.39 is 17.8 Å². The van der Waals surface area contributed by atoms with Crippen LogP contribution in [0.25, 0.3) is 0 Å². The van der Waals surface area contributed by atoms with Gasteiger partial charge in [-0.15, -0.1) is 5.06 Å². The Bertz CT molecular complexity index is 558. The van der Waals surface area contributed by atoms with Crippen LogP contribution in [0.5, 0.6) is 0 Å². The number of hydroxylamine groups is 2. The minimum absolute atomic E-state index is 0.0208. The van der Waals surface area contributed by atoms with Gasteiger partial charge in [0, 0.05) is 12.8 Å². The van der Waals surface area contributed by atoms with Crippen LogP contribution in [0.2, 0.25) is 0 Å². The van der Waals surface area contributed by atoms with Crippen LogP contribution in [0.3, 0.4) is 0 Å². The minimum atomic E-state index is -0.893. The van der Waals surface area contributed by atoms with Crippen LogP contribution in [0.1, 0.15) is 28.8 Å². The summed E-state index contributed by atoms with van der Waals surface area (Å²) in [7, 11) is 0. The van der Waals surface area contributed by atoms with Crippen molar-refractivity contribution < 1.29 is 19.2 Å². The third-order valence-corrected chi connectivity index (χ3v) is 2.45. The lowest BCUT2D eigenvalue weighted by molar-refractivity contribution is -0.172. The van der Waals surface area contributed by atoms with Crippen LogP contribution in [0.4, 0.5) is 0 Å². The highest BCUT2D eigenvalue weighted by Gasteiger charge is 2.33. The smallest absolute Gasteiger partial charge is 0.325 e. The van der Waals surface area contributed by atoms with Gasteiger partial charge < -0.3 is 4.84 Å². The molecule has 1 aromatic rings. The average Bonchev–Trinajstić information content (AvgIpc) is 2.70. The number of carbonyl (C=O) groups is 3. The van der Waals surface area contributed by atoms with Gasteiger partial charge in [-0.25, -0.2) is 4.79 Å². The van der Waals surface area contributed by atoms with E-state index in [1.54, 1.807) is 12.1 Å². The van der Waals surface area contributed by atoms with Crippen molar-refractivity contribution in [3.8, 4) is 6.07 Å². The van der Waals surface area contributed by atoms with Gasteiger partial charge in [0.05, 0.1) is 11.1 Å². The molecule has 0 bridgehead atoms. The van der Waals surface area contributed by atoms with Crippen LogP contribution < -0.4 is 0 Å². The maximum absolute atomic E-state index is 11.8. The van der Waals surface area contributed by atoms with Crippen molar-refractivity contribution in [1.82, 2.24) is 5.06 Å². The van der Waals surface area contributed by atoms with E-state index in [1.165, 1.54) is 12.1 Å². The molecule has 0 radical (unpaired) electrons. The molecule has 6 nitrogen and oxygen atoms in total. The normalized spacial score (nSPS) is 14.5. The predicted molar refractivity (Wildman–Crippen MR) is 57.7 cm³/mol. The number of amides is 2. The molecule has 0 unspecified atom stereocenters. The molecule has 2 rings (SSSR count). The van der Waals surface area contributed by atoms with Gasteiger partial charge in [0.2, 0.25) is 0 Å². The number of benzene rings is 1. The second-order valence-electron chi connectivity index (χ2n) is 3.62. The van der Waals surface area contributed by atoms with Gasteiger partial charge in [0.25, 0.3) is 11.8 Å². The number of carbonyl (C=O) groups excluding carboxylic acids is 3. The molecule has 1 aliphatic rings. The highest BCUT2D eigenvalue weighted by Crippen LogP contribution is 2.15. The Morgan fingerprint density at radius 1 is 1.22 bits per heavy atom. The van der Waals surface area contributed by atoms with E-state index in [4.69, 9.17) is 10.1 Å². The second-order valence-corrected chi connectivity index (χ2v) is 3.62. The van der Waals surface area contributed by atoms with Gasteiger partial charge >= 0.3 is 5.97 Å². The lowest BCUT2D eigenvalue weighted by Gasteiger charge is -2.12. The van der Waals surface area contributed by atoms with E-state index in [0.29, 0.717) is 5.06 Å². The third kappa shape index (κ3) is 2.06. The van der Waals surface area contributed by atoms with Crippen LogP contribution >= 0.6 is 0 Å². The van der Waals surface area contributed by atoms with Crippen molar-refractivity contribution >= 4 is 17.8 Å². The van der Waals surface area contributed by atoms with Crippen LogP contribution in [-0.4, -0.2) is 22.8 Å². The first-order valence-corrected chi connectivity index (χ1v) is 5.20. The summed E-state index contributed by atoms with van der Waals surface area (Å²) in [6, 6.07) is 7.84. The molecular weight excluding hydrogens is 236 g/mol. The summed E-state index contributed by atoms with van der Waals surface area (Å²) in [5.41, 5.74) is 0.147. The maximum atomic E-state index is 11.8. The lowest BCUT2D eigenvalue weighted by Crippen LogP contribution is -2.32. The van der Waals surface area contributed by atoms with E-state index in [9.17, 15) is 14.4 Å². The third-order valence-electron chi connectivity index (χ3n) is 2.45. The monoisotopic (exact) mass is 244 g/mol. The van der Waals surface area contributed by atoms with Gasteiger partial charge in [0.15, 0.2) is 0 Å². The first-order valence-electron chi connectivity index (χ1n) is 5.20. The number of rotatable bonds is 2. The first-order chi connectivity index (χ1) is 8.63. The summed E-state index contributed by atoms with van der Waals surface area (Å²) in [6.07, 6.45) is 0.0675. The molecule has 1 heterocycles. The number of hydrogen-bond acceptors (Lipinski definition) is 5. The minimum Gasteiger partial charge on any atom is -0.325 e. The van der Waals surface area contributed by atoms with Crippen LogP contribution in [0.15, 0.2) is 24.3 Å². The summed E-state index contributed by atoms with van der Waals surface area (Å²) in [6.45, 7) is 0. The maximum Gasteiger partial charge on any atom is 0.365 e. The zero-order chi connectivity index (χ0) is 13.1. The van der Waals surface area contributed by atoms with Crippen LogP contribution in [0, 0.1) is 11.3 Å². The van der Waals surface area contributed by atoms with E-state index in [-0.39, 0.29) is 24.0 Å². The largest absolute Gasteiger partial charge is 0.365 e. The Kier molecular flexibility index (Phi) is 3.06. The molecule has 6 heteroatoms. The van der Waals surface area contributed by atoms with E-state index in [0.717, 1.165) is 0 Å². The summed E-state index contributed by atoms with van der Waals surface area (Å²) in [5.74, 6) is -2.00. The number of hydrogen-bond donors (Lipinski definition) is 0. The first kappa shape index (κ1) is 11.8. The summed E-state index contributed by atoms with van der Waals surface area (Å²) >= 11 is 0. The van der Waals surface area contributed by atoms with Gasteiger partial charge in [-0.05, 0) is 12.1 Å². The quantitative estimate of drug-likeness (QED) is 0.717. The summed E-state index contributed by atoms with van der Waals surface area (Å²) in [4.78, 5) is 39.0. The Labute approximate surface area is 102 Å². The molecule has 18 heavy (non-hydrogen) atoms. The molecule has 0 saturated carbocycles.